The van der Waals surface area contributed by atoms with Crippen LogP contribution in [0.3, 0.4) is 0 Å². The molecule has 1 aliphatic rings. The van der Waals surface area contributed by atoms with Gasteiger partial charge in [-0.25, -0.2) is 5.10 Å². The molecule has 3 atom stereocenters. The Kier molecular flexibility index (Phi) is 4.62. The SMILES string of the molecule is COCC1(C)Oc2ccc([N+](=O)[O-])cc2C(Oc2ccc(=O)[nH]n2)C1(C)O. The number of aromatic nitrogens is 2. The monoisotopic (exact) mass is 377 g/mol. The molecule has 10 nitrogen and oxygen atoms in total. The molecule has 0 bridgehead atoms. The van der Waals surface area contributed by atoms with E-state index in [0.29, 0.717) is 5.75 Å². The van der Waals surface area contributed by atoms with Crippen molar-refractivity contribution in [1.82, 2.24) is 10.2 Å². The fraction of sp³-hybridized carbons (Fsp3) is 0.412. The molecule has 2 heterocycles. The summed E-state index contributed by atoms with van der Waals surface area (Å²) in [6.07, 6.45) is -1.07. The van der Waals surface area contributed by atoms with Crippen LogP contribution in [0, 0.1) is 10.1 Å². The molecule has 1 aromatic carbocycles. The van der Waals surface area contributed by atoms with Gasteiger partial charge in [-0.15, -0.1) is 5.10 Å². The van der Waals surface area contributed by atoms with E-state index in [-0.39, 0.29) is 23.7 Å². The molecule has 0 aliphatic carbocycles. The van der Waals surface area contributed by atoms with Crippen molar-refractivity contribution in [2.24, 2.45) is 0 Å². The molecule has 1 aromatic heterocycles. The number of aromatic amines is 1. The Morgan fingerprint density at radius 3 is 2.70 bits per heavy atom. The first-order chi connectivity index (χ1) is 12.7. The standard InChI is InChI=1S/C17H19N3O7/c1-16(9-25-3)17(2,22)15(26-14-7-6-13(21)18-19-14)11-8-10(20(23)24)4-5-12(11)27-16/h4-8,15,22H,9H2,1-3H3,(H,18,21). The van der Waals surface area contributed by atoms with Crippen molar-refractivity contribution in [1.29, 1.82) is 0 Å². The van der Waals surface area contributed by atoms with E-state index in [2.05, 4.69) is 10.2 Å². The van der Waals surface area contributed by atoms with Crippen LogP contribution in [0.1, 0.15) is 25.5 Å². The number of methoxy groups -OCH3 is 1. The first-order valence-electron chi connectivity index (χ1n) is 8.09. The van der Waals surface area contributed by atoms with Gasteiger partial charge in [-0.3, -0.25) is 14.9 Å². The highest BCUT2D eigenvalue weighted by molar-refractivity contribution is 5.49. The molecule has 2 aromatic rings. The number of H-pyrrole nitrogens is 1. The lowest BCUT2D eigenvalue weighted by molar-refractivity contribution is -0.385. The predicted octanol–water partition coefficient (Wildman–Crippen LogP) is 1.35. The van der Waals surface area contributed by atoms with Gasteiger partial charge in [0.25, 0.3) is 11.2 Å². The molecule has 27 heavy (non-hydrogen) atoms. The summed E-state index contributed by atoms with van der Waals surface area (Å²) >= 11 is 0. The minimum absolute atomic E-state index is 0.0370. The fourth-order valence-corrected chi connectivity index (χ4v) is 3.02. The summed E-state index contributed by atoms with van der Waals surface area (Å²) in [5.74, 6) is 0.361. The van der Waals surface area contributed by atoms with Gasteiger partial charge < -0.3 is 19.3 Å². The highest BCUT2D eigenvalue weighted by Crippen LogP contribution is 2.49. The molecule has 3 unspecified atom stereocenters. The number of fused-ring (bicyclic) bond motifs is 1. The normalized spacial score (nSPS) is 26.7. The van der Waals surface area contributed by atoms with Gasteiger partial charge in [0.05, 0.1) is 11.5 Å². The number of aliphatic hydroxyl groups is 1. The average molecular weight is 377 g/mol. The van der Waals surface area contributed by atoms with E-state index in [1.54, 1.807) is 6.92 Å². The smallest absolute Gasteiger partial charge is 0.270 e. The zero-order valence-corrected chi connectivity index (χ0v) is 15.0. The summed E-state index contributed by atoms with van der Waals surface area (Å²) in [6, 6.07) is 6.61. The molecular formula is C17H19N3O7. The number of nitro groups is 1. The van der Waals surface area contributed by atoms with Crippen molar-refractivity contribution in [3.8, 4) is 11.6 Å². The molecule has 0 saturated heterocycles. The topological polar surface area (TPSA) is 137 Å². The summed E-state index contributed by atoms with van der Waals surface area (Å²) in [5, 5.41) is 28.5. The number of non-ortho nitro benzene ring substituents is 1. The predicted molar refractivity (Wildman–Crippen MR) is 92.9 cm³/mol. The van der Waals surface area contributed by atoms with Crippen molar-refractivity contribution < 1.29 is 24.2 Å². The number of nitro benzene ring substituents is 1. The Balaban J connectivity index is 2.13. The highest BCUT2D eigenvalue weighted by Gasteiger charge is 2.57. The number of nitrogens with one attached hydrogen (secondary N) is 1. The van der Waals surface area contributed by atoms with Crippen LogP contribution in [0.5, 0.6) is 11.6 Å². The lowest BCUT2D eigenvalue weighted by atomic mass is 9.76. The van der Waals surface area contributed by atoms with Gasteiger partial charge in [-0.1, -0.05) is 0 Å². The van der Waals surface area contributed by atoms with Gasteiger partial charge in [0.1, 0.15) is 11.4 Å². The summed E-state index contributed by atoms with van der Waals surface area (Å²) in [5.41, 5.74) is -3.16. The molecule has 144 valence electrons. The van der Waals surface area contributed by atoms with E-state index in [1.165, 1.54) is 44.4 Å². The first-order valence-corrected chi connectivity index (χ1v) is 8.09. The molecule has 0 saturated carbocycles. The Morgan fingerprint density at radius 2 is 2.11 bits per heavy atom. The van der Waals surface area contributed by atoms with E-state index in [4.69, 9.17) is 14.2 Å². The minimum Gasteiger partial charge on any atom is -0.482 e. The van der Waals surface area contributed by atoms with E-state index in [9.17, 15) is 20.0 Å². The zero-order valence-electron chi connectivity index (χ0n) is 15.0. The lowest BCUT2D eigenvalue weighted by Crippen LogP contribution is -2.63. The molecule has 3 rings (SSSR count). The average Bonchev–Trinajstić information content (AvgIpc) is 2.60. The maximum absolute atomic E-state index is 11.3. The van der Waals surface area contributed by atoms with Gasteiger partial charge in [-0.05, 0) is 19.9 Å². The van der Waals surface area contributed by atoms with Gasteiger partial charge in [-0.2, -0.15) is 0 Å². The Hall–Kier alpha value is -2.98. The molecular weight excluding hydrogens is 358 g/mol. The minimum atomic E-state index is -1.65. The van der Waals surface area contributed by atoms with Crippen LogP contribution >= 0.6 is 0 Å². The van der Waals surface area contributed by atoms with Crippen LogP contribution in [-0.2, 0) is 4.74 Å². The number of hydrogen-bond donors (Lipinski definition) is 2. The van der Waals surface area contributed by atoms with Crippen LogP contribution in [-0.4, -0.2) is 45.1 Å². The van der Waals surface area contributed by atoms with Gasteiger partial charge in [0, 0.05) is 36.9 Å². The number of nitrogens with zero attached hydrogens (tertiary/aromatic N) is 2. The summed E-state index contributed by atoms with van der Waals surface area (Å²) in [7, 11) is 1.47. The van der Waals surface area contributed by atoms with E-state index < -0.39 is 27.8 Å². The third kappa shape index (κ3) is 3.24. The second-order valence-corrected chi connectivity index (χ2v) is 6.65. The third-order valence-electron chi connectivity index (χ3n) is 4.72. The lowest BCUT2D eigenvalue weighted by Gasteiger charge is -2.49. The van der Waals surface area contributed by atoms with E-state index in [0.717, 1.165) is 0 Å². The van der Waals surface area contributed by atoms with Crippen LogP contribution in [0.25, 0.3) is 0 Å². The van der Waals surface area contributed by atoms with Gasteiger partial charge >= 0.3 is 0 Å². The third-order valence-corrected chi connectivity index (χ3v) is 4.72. The van der Waals surface area contributed by atoms with Gasteiger partial charge in [0.15, 0.2) is 11.7 Å². The summed E-state index contributed by atoms with van der Waals surface area (Å²) < 4.78 is 17.0. The van der Waals surface area contributed by atoms with Crippen LogP contribution in [0.2, 0.25) is 0 Å². The fourth-order valence-electron chi connectivity index (χ4n) is 3.02. The number of ether oxygens (including phenoxy) is 3. The Bertz CT molecular complexity index is 906. The van der Waals surface area contributed by atoms with Crippen LogP contribution in [0.4, 0.5) is 5.69 Å². The van der Waals surface area contributed by atoms with Crippen LogP contribution in [0.15, 0.2) is 35.1 Å². The maximum atomic E-state index is 11.3. The van der Waals surface area contributed by atoms with Crippen LogP contribution < -0.4 is 15.0 Å². The molecule has 0 spiro atoms. The number of rotatable bonds is 5. The zero-order chi connectivity index (χ0) is 19.8. The number of benzene rings is 1. The van der Waals surface area contributed by atoms with Gasteiger partial charge in [0.2, 0.25) is 5.88 Å². The van der Waals surface area contributed by atoms with Crippen molar-refractivity contribution in [2.75, 3.05) is 13.7 Å². The van der Waals surface area contributed by atoms with Crippen molar-refractivity contribution in [3.05, 3.63) is 56.4 Å². The quantitative estimate of drug-likeness (QED) is 0.588. The molecule has 2 N–H and O–H groups in total. The maximum Gasteiger partial charge on any atom is 0.270 e. The van der Waals surface area contributed by atoms with Crippen molar-refractivity contribution in [3.63, 3.8) is 0 Å². The van der Waals surface area contributed by atoms with E-state index in [1.807, 2.05) is 0 Å². The summed E-state index contributed by atoms with van der Waals surface area (Å²) in [6.45, 7) is 3.18. The van der Waals surface area contributed by atoms with Crippen molar-refractivity contribution >= 4 is 5.69 Å². The van der Waals surface area contributed by atoms with Crippen molar-refractivity contribution in [2.45, 2.75) is 31.2 Å². The number of hydrogen-bond acceptors (Lipinski definition) is 8. The first kappa shape index (κ1) is 18.8. The summed E-state index contributed by atoms with van der Waals surface area (Å²) in [4.78, 5) is 21.8. The van der Waals surface area contributed by atoms with E-state index >= 15 is 0 Å². The molecule has 0 radical (unpaired) electrons. The largest absolute Gasteiger partial charge is 0.482 e. The molecule has 0 amide bonds. The highest BCUT2D eigenvalue weighted by atomic mass is 16.6. The molecule has 10 heteroatoms. The second kappa shape index (κ2) is 6.63. The Morgan fingerprint density at radius 1 is 1.37 bits per heavy atom. The molecule has 0 fully saturated rings. The Labute approximate surface area is 153 Å². The molecule has 1 aliphatic heterocycles. The second-order valence-electron chi connectivity index (χ2n) is 6.65.